The lowest BCUT2D eigenvalue weighted by Gasteiger charge is -2.25. The summed E-state index contributed by atoms with van der Waals surface area (Å²) in [5, 5.41) is 8.89. The number of rotatable bonds is 4. The fraction of sp³-hybridized carbons (Fsp3) is 0.417. The van der Waals surface area contributed by atoms with Gasteiger partial charge >= 0.3 is 0 Å². The number of halogens is 2. The molecule has 1 aromatic rings. The molecule has 0 fully saturated rings. The van der Waals surface area contributed by atoms with Crippen molar-refractivity contribution >= 4 is 23.2 Å². The SMILES string of the molecule is CC(c1cccc(Cl)c1)N(C)CC(Cl)C#N. The van der Waals surface area contributed by atoms with Crippen LogP contribution in [0.3, 0.4) is 0 Å². The molecule has 0 aliphatic heterocycles. The minimum Gasteiger partial charge on any atom is -0.297 e. The highest BCUT2D eigenvalue weighted by molar-refractivity contribution is 6.30. The summed E-state index contributed by atoms with van der Waals surface area (Å²) in [5.74, 6) is 0. The second-order valence-corrected chi connectivity index (χ2v) is 4.73. The Balaban J connectivity index is 2.71. The molecule has 0 aliphatic rings. The minimum atomic E-state index is -0.480. The van der Waals surface area contributed by atoms with E-state index in [1.165, 1.54) is 0 Å². The highest BCUT2D eigenvalue weighted by Gasteiger charge is 2.15. The Morgan fingerprint density at radius 3 is 2.75 bits per heavy atom. The standard InChI is InChI=1S/C12H14Cl2N2/c1-9(16(2)8-12(14)7-15)10-4-3-5-11(13)6-10/h3-6,9,12H,8H2,1-2H3. The molecule has 0 saturated heterocycles. The van der Waals surface area contributed by atoms with Gasteiger partial charge in [0.1, 0.15) is 5.38 Å². The number of nitrogens with zero attached hydrogens (tertiary/aromatic N) is 2. The Kier molecular flexibility index (Phi) is 5.08. The molecule has 86 valence electrons. The highest BCUT2D eigenvalue weighted by Crippen LogP contribution is 2.22. The van der Waals surface area contributed by atoms with Crippen LogP contribution in [-0.4, -0.2) is 23.9 Å². The molecular formula is C12H14Cl2N2. The molecule has 0 amide bonds. The summed E-state index contributed by atoms with van der Waals surface area (Å²) in [6.45, 7) is 2.60. The van der Waals surface area contributed by atoms with Gasteiger partial charge in [-0.05, 0) is 31.7 Å². The summed E-state index contributed by atoms with van der Waals surface area (Å²) in [6, 6.07) is 9.91. The van der Waals surface area contributed by atoms with E-state index in [0.717, 1.165) is 10.6 Å². The van der Waals surface area contributed by atoms with E-state index in [9.17, 15) is 0 Å². The van der Waals surface area contributed by atoms with E-state index in [1.807, 2.05) is 42.3 Å². The van der Waals surface area contributed by atoms with Crippen LogP contribution in [0.2, 0.25) is 5.02 Å². The third-order valence-electron chi connectivity index (χ3n) is 2.58. The molecule has 0 heterocycles. The van der Waals surface area contributed by atoms with Gasteiger partial charge in [0.2, 0.25) is 0 Å². The Morgan fingerprint density at radius 2 is 2.19 bits per heavy atom. The van der Waals surface area contributed by atoms with Crippen molar-refractivity contribution in [2.24, 2.45) is 0 Å². The first-order chi connectivity index (χ1) is 7.54. The monoisotopic (exact) mass is 256 g/mol. The quantitative estimate of drug-likeness (QED) is 0.772. The smallest absolute Gasteiger partial charge is 0.133 e. The second-order valence-electron chi connectivity index (χ2n) is 3.77. The maximum atomic E-state index is 8.65. The van der Waals surface area contributed by atoms with Crippen molar-refractivity contribution in [3.63, 3.8) is 0 Å². The normalized spacial score (nSPS) is 14.5. The molecule has 1 rings (SSSR count). The largest absolute Gasteiger partial charge is 0.297 e. The van der Waals surface area contributed by atoms with Gasteiger partial charge in [-0.1, -0.05) is 23.7 Å². The first-order valence-electron chi connectivity index (χ1n) is 5.04. The van der Waals surface area contributed by atoms with Crippen molar-refractivity contribution in [2.45, 2.75) is 18.3 Å². The van der Waals surface area contributed by atoms with Gasteiger partial charge in [-0.25, -0.2) is 0 Å². The molecule has 0 N–H and O–H groups in total. The van der Waals surface area contributed by atoms with Crippen LogP contribution in [0, 0.1) is 11.3 Å². The molecular weight excluding hydrogens is 243 g/mol. The maximum Gasteiger partial charge on any atom is 0.133 e. The third kappa shape index (κ3) is 3.68. The zero-order valence-electron chi connectivity index (χ0n) is 9.32. The first-order valence-corrected chi connectivity index (χ1v) is 5.85. The number of hydrogen-bond donors (Lipinski definition) is 0. The van der Waals surface area contributed by atoms with Gasteiger partial charge in [0.15, 0.2) is 0 Å². The van der Waals surface area contributed by atoms with Crippen molar-refractivity contribution < 1.29 is 0 Å². The fourth-order valence-electron chi connectivity index (χ4n) is 1.47. The van der Waals surface area contributed by atoms with Crippen molar-refractivity contribution in [1.82, 2.24) is 4.90 Å². The molecule has 0 spiro atoms. The van der Waals surface area contributed by atoms with Gasteiger partial charge < -0.3 is 0 Å². The van der Waals surface area contributed by atoms with Crippen molar-refractivity contribution in [1.29, 1.82) is 5.26 Å². The molecule has 0 bridgehead atoms. The molecule has 2 nitrogen and oxygen atoms in total. The lowest BCUT2D eigenvalue weighted by molar-refractivity contribution is 0.269. The number of hydrogen-bond acceptors (Lipinski definition) is 2. The van der Waals surface area contributed by atoms with E-state index >= 15 is 0 Å². The topological polar surface area (TPSA) is 27.0 Å². The summed E-state index contributed by atoms with van der Waals surface area (Å²) >= 11 is 11.7. The second kappa shape index (κ2) is 6.10. The van der Waals surface area contributed by atoms with E-state index in [1.54, 1.807) is 0 Å². The van der Waals surface area contributed by atoms with E-state index < -0.39 is 5.38 Å². The molecule has 2 unspecified atom stereocenters. The van der Waals surface area contributed by atoms with E-state index in [0.29, 0.717) is 6.54 Å². The Morgan fingerprint density at radius 1 is 1.50 bits per heavy atom. The minimum absolute atomic E-state index is 0.188. The predicted molar refractivity (Wildman–Crippen MR) is 67.8 cm³/mol. The summed E-state index contributed by atoms with van der Waals surface area (Å²) in [5.41, 5.74) is 1.12. The van der Waals surface area contributed by atoms with Crippen LogP contribution < -0.4 is 0 Å². The zero-order valence-corrected chi connectivity index (χ0v) is 10.8. The van der Waals surface area contributed by atoms with Crippen LogP contribution in [0.25, 0.3) is 0 Å². The third-order valence-corrected chi connectivity index (χ3v) is 3.05. The Hall–Kier alpha value is -0.750. The summed E-state index contributed by atoms with van der Waals surface area (Å²) in [4.78, 5) is 2.03. The molecule has 0 aromatic heterocycles. The highest BCUT2D eigenvalue weighted by atomic mass is 35.5. The van der Waals surface area contributed by atoms with Gasteiger partial charge in [0, 0.05) is 17.6 Å². The molecule has 0 aliphatic carbocycles. The van der Waals surface area contributed by atoms with Crippen LogP contribution in [-0.2, 0) is 0 Å². The summed E-state index contributed by atoms with van der Waals surface area (Å²) in [6.07, 6.45) is 0. The zero-order chi connectivity index (χ0) is 12.1. The van der Waals surface area contributed by atoms with Crippen molar-refractivity contribution in [3.8, 4) is 6.07 Å². The molecule has 1 aromatic carbocycles. The van der Waals surface area contributed by atoms with E-state index in [2.05, 4.69) is 6.92 Å². The lowest BCUT2D eigenvalue weighted by atomic mass is 10.1. The lowest BCUT2D eigenvalue weighted by Crippen LogP contribution is -2.28. The van der Waals surface area contributed by atoms with Crippen LogP contribution in [0.15, 0.2) is 24.3 Å². The van der Waals surface area contributed by atoms with Gasteiger partial charge in [-0.2, -0.15) is 5.26 Å². The maximum absolute atomic E-state index is 8.65. The molecule has 2 atom stereocenters. The summed E-state index contributed by atoms with van der Waals surface area (Å²) in [7, 11) is 1.94. The van der Waals surface area contributed by atoms with Gasteiger partial charge in [-0.15, -0.1) is 11.6 Å². The molecule has 0 radical (unpaired) electrons. The van der Waals surface area contributed by atoms with Crippen LogP contribution >= 0.6 is 23.2 Å². The molecule has 0 saturated carbocycles. The predicted octanol–water partition coefficient (Wildman–Crippen LogP) is 3.46. The molecule has 16 heavy (non-hydrogen) atoms. The Bertz CT molecular complexity index is 387. The van der Waals surface area contributed by atoms with Gasteiger partial charge in [0.25, 0.3) is 0 Å². The average Bonchev–Trinajstić information content (AvgIpc) is 2.27. The average molecular weight is 257 g/mol. The van der Waals surface area contributed by atoms with Gasteiger partial charge in [-0.3, -0.25) is 4.90 Å². The van der Waals surface area contributed by atoms with Crippen LogP contribution in [0.5, 0.6) is 0 Å². The van der Waals surface area contributed by atoms with Crippen LogP contribution in [0.4, 0.5) is 0 Å². The van der Waals surface area contributed by atoms with E-state index in [4.69, 9.17) is 28.5 Å². The number of benzene rings is 1. The van der Waals surface area contributed by atoms with E-state index in [-0.39, 0.29) is 6.04 Å². The van der Waals surface area contributed by atoms with Crippen molar-refractivity contribution in [2.75, 3.05) is 13.6 Å². The van der Waals surface area contributed by atoms with Crippen LogP contribution in [0.1, 0.15) is 18.5 Å². The fourth-order valence-corrected chi connectivity index (χ4v) is 1.89. The van der Waals surface area contributed by atoms with Gasteiger partial charge in [0.05, 0.1) is 6.07 Å². The number of alkyl halides is 1. The molecule has 4 heteroatoms. The first kappa shape index (κ1) is 13.3. The number of nitriles is 1. The summed E-state index contributed by atoms with van der Waals surface area (Å²) < 4.78 is 0. The van der Waals surface area contributed by atoms with Crippen molar-refractivity contribution in [3.05, 3.63) is 34.9 Å². The Labute approximate surface area is 106 Å².